The van der Waals surface area contributed by atoms with Gasteiger partial charge in [0.05, 0.1) is 0 Å². The highest BCUT2D eigenvalue weighted by Gasteiger charge is 2.23. The Bertz CT molecular complexity index is 657. The average Bonchev–Trinajstić information content (AvgIpc) is 2.56. The van der Waals surface area contributed by atoms with E-state index in [4.69, 9.17) is 4.98 Å². The van der Waals surface area contributed by atoms with Crippen LogP contribution in [-0.2, 0) is 0 Å². The van der Waals surface area contributed by atoms with Crippen LogP contribution in [0, 0.1) is 6.92 Å². The van der Waals surface area contributed by atoms with Gasteiger partial charge in [-0.1, -0.05) is 22.9 Å². The van der Waals surface area contributed by atoms with Crippen LogP contribution in [0.1, 0.15) is 38.3 Å². The number of hydrogen-bond donors (Lipinski definition) is 1. The van der Waals surface area contributed by atoms with E-state index in [1.165, 1.54) is 19.3 Å². The Hall–Kier alpha value is -1.62. The van der Waals surface area contributed by atoms with Crippen molar-refractivity contribution < 1.29 is 0 Å². The van der Waals surface area contributed by atoms with Crippen molar-refractivity contribution in [2.24, 2.45) is 0 Å². The minimum absolute atomic E-state index is 0.561. The molecule has 1 fully saturated rings. The lowest BCUT2D eigenvalue weighted by molar-refractivity contribution is 0.443. The van der Waals surface area contributed by atoms with Gasteiger partial charge >= 0.3 is 0 Å². The van der Waals surface area contributed by atoms with Crippen LogP contribution in [0.4, 0.5) is 17.5 Å². The summed E-state index contributed by atoms with van der Waals surface area (Å²) in [6.07, 6.45) is 4.92. The van der Waals surface area contributed by atoms with Gasteiger partial charge in [-0.25, -0.2) is 4.98 Å². The molecule has 0 bridgehead atoms. The maximum Gasteiger partial charge on any atom is 0.227 e. The van der Waals surface area contributed by atoms with Crippen molar-refractivity contribution in [1.29, 1.82) is 0 Å². The summed E-state index contributed by atoms with van der Waals surface area (Å²) in [5, 5.41) is 3.39. The third kappa shape index (κ3) is 4.02. The molecule has 1 N–H and O–H groups in total. The lowest BCUT2D eigenvalue weighted by atomic mass is 10.0. The first-order chi connectivity index (χ1) is 11.2. The van der Waals surface area contributed by atoms with E-state index in [-0.39, 0.29) is 0 Å². The summed E-state index contributed by atoms with van der Waals surface area (Å²) in [5.74, 6) is 1.71. The van der Waals surface area contributed by atoms with Crippen molar-refractivity contribution in [3.05, 3.63) is 40.5 Å². The van der Waals surface area contributed by atoms with E-state index in [2.05, 4.69) is 38.1 Å². The van der Waals surface area contributed by atoms with Gasteiger partial charge in [0.25, 0.3) is 0 Å². The number of nitrogens with one attached hydrogen (secondary N) is 1. The normalized spacial score (nSPS) is 18.0. The quantitative estimate of drug-likeness (QED) is 0.811. The van der Waals surface area contributed by atoms with Gasteiger partial charge in [-0.2, -0.15) is 4.98 Å². The highest BCUT2D eigenvalue weighted by molar-refractivity contribution is 9.10. The van der Waals surface area contributed by atoms with Crippen LogP contribution in [0.15, 0.2) is 34.8 Å². The van der Waals surface area contributed by atoms with Crippen LogP contribution in [0.3, 0.4) is 0 Å². The zero-order chi connectivity index (χ0) is 16.2. The molecule has 5 heteroatoms. The molecular weight excluding hydrogens is 352 g/mol. The Morgan fingerprint density at radius 3 is 2.74 bits per heavy atom. The molecule has 23 heavy (non-hydrogen) atoms. The largest absolute Gasteiger partial charge is 0.340 e. The molecule has 4 nitrogen and oxygen atoms in total. The lowest BCUT2D eigenvalue weighted by Crippen LogP contribution is -2.40. The molecule has 0 spiro atoms. The second-order valence-electron chi connectivity index (χ2n) is 6.08. The Kier molecular flexibility index (Phi) is 5.16. The zero-order valence-electron chi connectivity index (χ0n) is 13.7. The molecule has 3 rings (SSSR count). The molecule has 2 heterocycles. The van der Waals surface area contributed by atoms with Crippen molar-refractivity contribution in [2.45, 2.75) is 45.6 Å². The molecule has 1 unspecified atom stereocenters. The molecule has 0 aliphatic carbocycles. The van der Waals surface area contributed by atoms with Gasteiger partial charge in [-0.3, -0.25) is 0 Å². The minimum atomic E-state index is 0.561. The van der Waals surface area contributed by atoms with Crippen LogP contribution in [0.25, 0.3) is 0 Å². The first-order valence-corrected chi connectivity index (χ1v) is 9.10. The number of nitrogens with zero attached hydrogens (tertiary/aromatic N) is 3. The second-order valence-corrected chi connectivity index (χ2v) is 6.99. The molecule has 122 valence electrons. The fraction of sp³-hybridized carbons (Fsp3) is 0.444. The predicted molar refractivity (Wildman–Crippen MR) is 99.5 cm³/mol. The standard InChI is InChI=1S/C18H23BrN4/c1-3-16-6-4-5-11-23(16)18-20-13(2)12-17(22-18)21-15-9-7-14(19)8-10-15/h7-10,12,16H,3-6,11H2,1-2H3,(H,20,21,22). The van der Waals surface area contributed by atoms with Crippen LogP contribution in [-0.4, -0.2) is 22.6 Å². The van der Waals surface area contributed by atoms with Crippen LogP contribution in [0.5, 0.6) is 0 Å². The van der Waals surface area contributed by atoms with Gasteiger partial charge in [0.15, 0.2) is 0 Å². The highest BCUT2D eigenvalue weighted by Crippen LogP contribution is 2.26. The van der Waals surface area contributed by atoms with E-state index in [1.54, 1.807) is 0 Å². The second kappa shape index (κ2) is 7.30. The number of hydrogen-bond acceptors (Lipinski definition) is 4. The highest BCUT2D eigenvalue weighted by atomic mass is 79.9. The maximum absolute atomic E-state index is 4.77. The van der Waals surface area contributed by atoms with Crippen LogP contribution < -0.4 is 10.2 Å². The summed E-state index contributed by atoms with van der Waals surface area (Å²) in [5.41, 5.74) is 2.03. The lowest BCUT2D eigenvalue weighted by Gasteiger charge is -2.35. The zero-order valence-corrected chi connectivity index (χ0v) is 15.3. The van der Waals surface area contributed by atoms with Gasteiger partial charge in [0, 0.05) is 34.5 Å². The number of halogens is 1. The number of aryl methyl sites for hydroxylation is 1. The fourth-order valence-corrected chi connectivity index (χ4v) is 3.38. The minimum Gasteiger partial charge on any atom is -0.340 e. The van der Waals surface area contributed by atoms with Gasteiger partial charge in [0.2, 0.25) is 5.95 Å². The molecule has 0 radical (unpaired) electrons. The Morgan fingerprint density at radius 2 is 2.00 bits per heavy atom. The average molecular weight is 375 g/mol. The van der Waals surface area contributed by atoms with Crippen molar-refractivity contribution in [2.75, 3.05) is 16.8 Å². The molecule has 0 saturated carbocycles. The molecule has 1 aliphatic heterocycles. The SMILES string of the molecule is CCC1CCCCN1c1nc(C)cc(Nc2ccc(Br)cc2)n1. The summed E-state index contributed by atoms with van der Waals surface area (Å²) in [6.45, 7) is 5.34. The van der Waals surface area contributed by atoms with Crippen LogP contribution >= 0.6 is 15.9 Å². The fourth-order valence-electron chi connectivity index (χ4n) is 3.11. The monoisotopic (exact) mass is 374 g/mol. The van der Waals surface area contributed by atoms with Gasteiger partial charge in [-0.05, 0) is 56.9 Å². The van der Waals surface area contributed by atoms with Crippen LogP contribution in [0.2, 0.25) is 0 Å². The van der Waals surface area contributed by atoms with Crippen molar-refractivity contribution in [3.63, 3.8) is 0 Å². The van der Waals surface area contributed by atoms with Gasteiger partial charge < -0.3 is 10.2 Å². The number of rotatable bonds is 4. The van der Waals surface area contributed by atoms with Gasteiger partial charge in [-0.15, -0.1) is 0 Å². The molecule has 1 aromatic carbocycles. The molecule has 1 aliphatic rings. The van der Waals surface area contributed by atoms with Crippen molar-refractivity contribution in [1.82, 2.24) is 9.97 Å². The first kappa shape index (κ1) is 16.2. The summed E-state index contributed by atoms with van der Waals surface area (Å²) in [4.78, 5) is 11.8. The van der Waals surface area contributed by atoms with E-state index < -0.39 is 0 Å². The Labute approximate surface area is 146 Å². The number of aromatic nitrogens is 2. The molecule has 2 aromatic rings. The van der Waals surface area contributed by atoms with Crippen molar-refractivity contribution in [3.8, 4) is 0 Å². The third-order valence-electron chi connectivity index (χ3n) is 4.31. The van der Waals surface area contributed by atoms with Crippen molar-refractivity contribution >= 4 is 33.4 Å². The Balaban J connectivity index is 1.85. The van der Waals surface area contributed by atoms with E-state index >= 15 is 0 Å². The third-order valence-corrected chi connectivity index (χ3v) is 4.84. The Morgan fingerprint density at radius 1 is 1.22 bits per heavy atom. The van der Waals surface area contributed by atoms with E-state index in [0.29, 0.717) is 6.04 Å². The van der Waals surface area contributed by atoms with E-state index in [1.807, 2.05) is 37.3 Å². The summed E-state index contributed by atoms with van der Waals surface area (Å²) in [6, 6.07) is 10.7. The smallest absolute Gasteiger partial charge is 0.227 e. The van der Waals surface area contributed by atoms with Gasteiger partial charge in [0.1, 0.15) is 5.82 Å². The first-order valence-electron chi connectivity index (χ1n) is 8.30. The summed E-state index contributed by atoms with van der Waals surface area (Å²) >= 11 is 3.46. The van der Waals surface area contributed by atoms with E-state index in [9.17, 15) is 0 Å². The topological polar surface area (TPSA) is 41.1 Å². The number of benzene rings is 1. The summed E-state index contributed by atoms with van der Waals surface area (Å²) in [7, 11) is 0. The van der Waals surface area contributed by atoms with E-state index in [0.717, 1.165) is 40.6 Å². The number of anilines is 3. The predicted octanol–water partition coefficient (Wildman–Crippen LogP) is 5.06. The molecule has 1 atom stereocenters. The molecule has 0 amide bonds. The maximum atomic E-state index is 4.77. The molecular formula is C18H23BrN4. The molecule has 1 saturated heterocycles. The summed E-state index contributed by atoms with van der Waals surface area (Å²) < 4.78 is 1.07. The number of piperidine rings is 1. The molecule has 1 aromatic heterocycles.